The van der Waals surface area contributed by atoms with Crippen molar-refractivity contribution in [3.63, 3.8) is 0 Å². The number of aryl methyl sites for hydroxylation is 1. The van der Waals surface area contributed by atoms with Crippen LogP contribution in [0.5, 0.6) is 0 Å². The predicted octanol–water partition coefficient (Wildman–Crippen LogP) is 2.36. The summed E-state index contributed by atoms with van der Waals surface area (Å²) in [5.74, 6) is -0.721. The van der Waals surface area contributed by atoms with Gasteiger partial charge in [-0.2, -0.15) is 0 Å². The second kappa shape index (κ2) is 6.70. The first-order chi connectivity index (χ1) is 8.86. The summed E-state index contributed by atoms with van der Waals surface area (Å²) in [4.78, 5) is 11.7. The molecule has 0 spiro atoms. The third-order valence-corrected chi connectivity index (χ3v) is 4.69. The topological polar surface area (TPSA) is 60.4 Å². The molecule has 0 bridgehead atoms. The molecule has 1 rings (SSSR count). The van der Waals surface area contributed by atoms with Crippen molar-refractivity contribution in [2.45, 2.75) is 32.1 Å². The van der Waals surface area contributed by atoms with Gasteiger partial charge in [-0.15, -0.1) is 0 Å². The summed E-state index contributed by atoms with van der Waals surface area (Å²) in [6, 6.07) is 6.64. The lowest BCUT2D eigenvalue weighted by Gasteiger charge is -2.09. The van der Waals surface area contributed by atoms with E-state index in [0.29, 0.717) is 6.42 Å². The van der Waals surface area contributed by atoms with Gasteiger partial charge < -0.3 is 4.74 Å². The fraction of sp³-hybridized carbons (Fsp3) is 0.500. The molecule has 1 aromatic rings. The Morgan fingerprint density at radius 3 is 2.37 bits per heavy atom. The molecule has 0 aliphatic carbocycles. The van der Waals surface area contributed by atoms with Crippen LogP contribution in [0, 0.1) is 12.8 Å². The number of carbonyl (C=O) groups excluding carboxylic acids is 1. The standard InChI is InChI=1S/C14H20O4S/c1-4-12(3)14(15)18-9-10-19(16,17)13-7-5-11(2)6-8-13/h5-8,12H,4,9-10H2,1-3H3. The Hall–Kier alpha value is -1.36. The van der Waals surface area contributed by atoms with Gasteiger partial charge in [0.1, 0.15) is 6.61 Å². The zero-order valence-corrected chi connectivity index (χ0v) is 12.4. The summed E-state index contributed by atoms with van der Waals surface area (Å²) < 4.78 is 28.9. The second-order valence-corrected chi connectivity index (χ2v) is 6.72. The molecule has 0 amide bonds. The average Bonchev–Trinajstić information content (AvgIpc) is 2.37. The summed E-state index contributed by atoms with van der Waals surface area (Å²) in [7, 11) is -3.38. The molecule has 0 aromatic heterocycles. The highest BCUT2D eigenvalue weighted by Crippen LogP contribution is 2.12. The molecule has 1 unspecified atom stereocenters. The van der Waals surface area contributed by atoms with Gasteiger partial charge in [-0.05, 0) is 25.5 Å². The van der Waals surface area contributed by atoms with Crippen molar-refractivity contribution in [1.82, 2.24) is 0 Å². The number of ether oxygens (including phenoxy) is 1. The van der Waals surface area contributed by atoms with Gasteiger partial charge in [-0.1, -0.05) is 31.5 Å². The minimum atomic E-state index is -3.38. The molecule has 1 atom stereocenters. The molecule has 5 heteroatoms. The van der Waals surface area contributed by atoms with Crippen molar-refractivity contribution in [3.05, 3.63) is 29.8 Å². The van der Waals surface area contributed by atoms with Gasteiger partial charge >= 0.3 is 5.97 Å². The molecule has 0 aliphatic rings. The highest BCUT2D eigenvalue weighted by Gasteiger charge is 2.17. The van der Waals surface area contributed by atoms with Crippen molar-refractivity contribution in [1.29, 1.82) is 0 Å². The van der Waals surface area contributed by atoms with Gasteiger partial charge in [0.25, 0.3) is 0 Å². The molecule has 0 fully saturated rings. The molecule has 0 aliphatic heterocycles. The molecule has 0 saturated heterocycles. The largest absolute Gasteiger partial charge is 0.464 e. The van der Waals surface area contributed by atoms with Crippen LogP contribution in [-0.2, 0) is 19.4 Å². The van der Waals surface area contributed by atoms with E-state index in [1.165, 1.54) is 0 Å². The molecule has 1 aromatic carbocycles. The second-order valence-electron chi connectivity index (χ2n) is 4.61. The van der Waals surface area contributed by atoms with Crippen LogP contribution in [0.15, 0.2) is 29.2 Å². The lowest BCUT2D eigenvalue weighted by molar-refractivity contribution is -0.147. The summed E-state index contributed by atoms with van der Waals surface area (Å²) in [6.45, 7) is 5.44. The molecule has 0 saturated carbocycles. The number of benzene rings is 1. The van der Waals surface area contributed by atoms with Gasteiger partial charge in [0.2, 0.25) is 0 Å². The fourth-order valence-corrected chi connectivity index (χ4v) is 2.51. The Morgan fingerprint density at radius 2 is 1.84 bits per heavy atom. The molecular weight excluding hydrogens is 264 g/mol. The lowest BCUT2D eigenvalue weighted by atomic mass is 10.1. The summed E-state index contributed by atoms with van der Waals surface area (Å²) in [5.41, 5.74) is 1.00. The van der Waals surface area contributed by atoms with Gasteiger partial charge in [0.05, 0.1) is 16.6 Å². The van der Waals surface area contributed by atoms with Crippen molar-refractivity contribution in [2.24, 2.45) is 5.92 Å². The highest BCUT2D eigenvalue weighted by atomic mass is 32.2. The Kier molecular flexibility index (Phi) is 5.54. The van der Waals surface area contributed by atoms with Gasteiger partial charge in [0, 0.05) is 0 Å². The lowest BCUT2D eigenvalue weighted by Crippen LogP contribution is -2.19. The summed E-state index contributed by atoms with van der Waals surface area (Å²) in [6.07, 6.45) is 0.684. The maximum absolute atomic E-state index is 12.0. The number of hydrogen-bond acceptors (Lipinski definition) is 4. The van der Waals surface area contributed by atoms with Crippen molar-refractivity contribution in [2.75, 3.05) is 12.4 Å². The molecule has 0 heterocycles. The number of sulfone groups is 1. The summed E-state index contributed by atoms with van der Waals surface area (Å²) >= 11 is 0. The monoisotopic (exact) mass is 284 g/mol. The predicted molar refractivity (Wildman–Crippen MR) is 73.6 cm³/mol. The number of rotatable bonds is 6. The molecular formula is C14H20O4S. The fourth-order valence-electron chi connectivity index (χ4n) is 1.42. The quantitative estimate of drug-likeness (QED) is 0.752. The third kappa shape index (κ3) is 4.67. The van der Waals surface area contributed by atoms with Crippen molar-refractivity contribution in [3.8, 4) is 0 Å². The van der Waals surface area contributed by atoms with Crippen molar-refractivity contribution >= 4 is 15.8 Å². The first-order valence-corrected chi connectivity index (χ1v) is 7.98. The number of esters is 1. The smallest absolute Gasteiger partial charge is 0.308 e. The van der Waals surface area contributed by atoms with E-state index >= 15 is 0 Å². The van der Waals surface area contributed by atoms with Crippen LogP contribution in [0.1, 0.15) is 25.8 Å². The first-order valence-electron chi connectivity index (χ1n) is 6.33. The summed E-state index contributed by atoms with van der Waals surface area (Å²) in [5, 5.41) is 0. The SMILES string of the molecule is CCC(C)C(=O)OCCS(=O)(=O)c1ccc(C)cc1. The number of hydrogen-bond donors (Lipinski definition) is 0. The van der Waals surface area contributed by atoms with Crippen LogP contribution in [0.4, 0.5) is 0 Å². The third-order valence-electron chi connectivity index (χ3n) is 2.99. The van der Waals surface area contributed by atoms with E-state index in [2.05, 4.69) is 0 Å². The van der Waals surface area contributed by atoms with Crippen molar-refractivity contribution < 1.29 is 17.9 Å². The Balaban J connectivity index is 2.57. The van der Waals surface area contributed by atoms with Gasteiger partial charge in [-0.25, -0.2) is 8.42 Å². The molecule has 4 nitrogen and oxygen atoms in total. The van der Waals surface area contributed by atoms with Crippen LogP contribution >= 0.6 is 0 Å². The zero-order chi connectivity index (χ0) is 14.5. The van der Waals surface area contributed by atoms with E-state index in [1.807, 2.05) is 13.8 Å². The number of carbonyl (C=O) groups is 1. The van der Waals surface area contributed by atoms with E-state index in [0.717, 1.165) is 5.56 Å². The maximum atomic E-state index is 12.0. The van der Waals surface area contributed by atoms with E-state index in [-0.39, 0.29) is 29.1 Å². The minimum absolute atomic E-state index is 0.0978. The Bertz CT molecular complexity index is 517. The zero-order valence-electron chi connectivity index (χ0n) is 11.5. The minimum Gasteiger partial charge on any atom is -0.464 e. The molecule has 0 N–H and O–H groups in total. The van der Waals surface area contributed by atoms with Crippen LogP contribution in [0.2, 0.25) is 0 Å². The first kappa shape index (κ1) is 15.7. The Morgan fingerprint density at radius 1 is 1.26 bits per heavy atom. The molecule has 19 heavy (non-hydrogen) atoms. The van der Waals surface area contributed by atoms with E-state index < -0.39 is 9.84 Å². The van der Waals surface area contributed by atoms with Gasteiger partial charge in [-0.3, -0.25) is 4.79 Å². The average molecular weight is 284 g/mol. The van der Waals surface area contributed by atoms with Gasteiger partial charge in [0.15, 0.2) is 9.84 Å². The van der Waals surface area contributed by atoms with Crippen LogP contribution in [0.3, 0.4) is 0 Å². The molecule has 0 radical (unpaired) electrons. The van der Waals surface area contributed by atoms with Crippen LogP contribution in [-0.4, -0.2) is 26.7 Å². The van der Waals surface area contributed by atoms with E-state index in [9.17, 15) is 13.2 Å². The maximum Gasteiger partial charge on any atom is 0.308 e. The van der Waals surface area contributed by atoms with Crippen LogP contribution < -0.4 is 0 Å². The molecule has 106 valence electrons. The highest BCUT2D eigenvalue weighted by molar-refractivity contribution is 7.91. The normalized spacial score (nSPS) is 13.0. The van der Waals surface area contributed by atoms with E-state index in [4.69, 9.17) is 4.74 Å². The van der Waals surface area contributed by atoms with E-state index in [1.54, 1.807) is 31.2 Å². The van der Waals surface area contributed by atoms with Crippen LogP contribution in [0.25, 0.3) is 0 Å². The Labute approximate surface area is 114 Å².